The van der Waals surface area contributed by atoms with E-state index in [0.29, 0.717) is 34.1 Å². The summed E-state index contributed by atoms with van der Waals surface area (Å²) < 4.78 is 0. The van der Waals surface area contributed by atoms with E-state index in [-0.39, 0.29) is 5.78 Å². The normalized spacial score (nSPS) is 16.5. The van der Waals surface area contributed by atoms with E-state index in [0.717, 1.165) is 11.8 Å². The van der Waals surface area contributed by atoms with Crippen molar-refractivity contribution in [2.24, 2.45) is 9.98 Å². The fourth-order valence-corrected chi connectivity index (χ4v) is 2.63. The van der Waals surface area contributed by atoms with Crippen molar-refractivity contribution in [2.75, 3.05) is 21.1 Å². The maximum absolute atomic E-state index is 12.9. The molecule has 0 spiro atoms. The summed E-state index contributed by atoms with van der Waals surface area (Å²) in [5.41, 5.74) is 3.47. The van der Waals surface area contributed by atoms with Crippen molar-refractivity contribution < 1.29 is 4.79 Å². The lowest BCUT2D eigenvalue weighted by molar-refractivity contribution is 0.103. The third-order valence-electron chi connectivity index (χ3n) is 3.68. The first-order valence-electron chi connectivity index (χ1n) is 7.20. The van der Waals surface area contributed by atoms with Crippen molar-refractivity contribution in [1.29, 1.82) is 5.41 Å². The summed E-state index contributed by atoms with van der Waals surface area (Å²) in [6, 6.07) is 7.37. The Morgan fingerprint density at radius 3 is 2.52 bits per heavy atom. The summed E-state index contributed by atoms with van der Waals surface area (Å²) in [6.07, 6.45) is 2.79. The number of fused-ring (bicyclic) bond motifs is 3. The first kappa shape index (κ1) is 14.9. The van der Waals surface area contributed by atoms with Crippen LogP contribution in [0.3, 0.4) is 0 Å². The molecule has 1 aromatic rings. The largest absolute Gasteiger partial charge is 0.393 e. The van der Waals surface area contributed by atoms with Crippen LogP contribution in [0.5, 0.6) is 0 Å². The Hall–Kier alpha value is -3.02. The molecule has 1 aromatic carbocycles. The Bertz CT molecular complexity index is 827. The predicted octanol–water partition coefficient (Wildman–Crippen LogP) is 1.61. The molecule has 6 heteroatoms. The molecule has 0 bridgehead atoms. The average molecular weight is 307 g/mol. The lowest BCUT2D eigenvalue weighted by atomic mass is 9.84. The minimum Gasteiger partial charge on any atom is -0.393 e. The Morgan fingerprint density at radius 1 is 1.22 bits per heavy atom. The van der Waals surface area contributed by atoms with Gasteiger partial charge in [0.15, 0.2) is 5.78 Å². The van der Waals surface area contributed by atoms with Crippen molar-refractivity contribution in [3.05, 3.63) is 58.4 Å². The van der Waals surface area contributed by atoms with E-state index in [1.165, 1.54) is 0 Å². The molecule has 0 atom stereocenters. The number of ketones is 1. The SMILES string of the molecule is CN/C=C(\C=N)C1=C2N=C(N(C)C)N=C2c2ccccc2C1=O. The number of carbonyl (C=O) groups excluding carboxylic acids is 1. The molecule has 3 rings (SSSR count). The quantitative estimate of drug-likeness (QED) is 0.833. The Labute approximate surface area is 134 Å². The zero-order valence-electron chi connectivity index (χ0n) is 13.2. The molecule has 2 aliphatic rings. The third-order valence-corrected chi connectivity index (χ3v) is 3.68. The number of hydrogen-bond acceptors (Lipinski definition) is 6. The van der Waals surface area contributed by atoms with Crippen LogP contribution in [0.2, 0.25) is 0 Å². The van der Waals surface area contributed by atoms with Crippen LogP contribution in [0.25, 0.3) is 0 Å². The molecule has 116 valence electrons. The van der Waals surface area contributed by atoms with Crippen LogP contribution in [0.1, 0.15) is 15.9 Å². The molecule has 23 heavy (non-hydrogen) atoms. The lowest BCUT2D eigenvalue weighted by Gasteiger charge is -2.19. The average Bonchev–Trinajstić information content (AvgIpc) is 2.99. The fraction of sp³-hybridized carbons (Fsp3) is 0.176. The Kier molecular flexibility index (Phi) is 3.65. The monoisotopic (exact) mass is 307 g/mol. The molecule has 0 unspecified atom stereocenters. The number of guanidine groups is 1. The van der Waals surface area contributed by atoms with Gasteiger partial charge in [-0.05, 0) is 0 Å². The number of carbonyl (C=O) groups is 1. The topological polar surface area (TPSA) is 80.9 Å². The zero-order chi connectivity index (χ0) is 16.6. The zero-order valence-corrected chi connectivity index (χ0v) is 13.2. The van der Waals surface area contributed by atoms with E-state index in [2.05, 4.69) is 15.3 Å². The van der Waals surface area contributed by atoms with Gasteiger partial charge in [-0.3, -0.25) is 4.79 Å². The predicted molar refractivity (Wildman–Crippen MR) is 91.4 cm³/mol. The number of rotatable bonds is 3. The number of nitrogens with one attached hydrogen (secondary N) is 2. The van der Waals surface area contributed by atoms with Gasteiger partial charge in [-0.15, -0.1) is 0 Å². The number of Topliss-reactive ketones (excluding diaryl/α,β-unsaturated/α-hetero) is 1. The maximum Gasteiger partial charge on any atom is 0.226 e. The van der Waals surface area contributed by atoms with Gasteiger partial charge in [0.25, 0.3) is 0 Å². The van der Waals surface area contributed by atoms with Gasteiger partial charge in [0.1, 0.15) is 11.4 Å². The van der Waals surface area contributed by atoms with E-state index in [1.807, 2.05) is 32.3 Å². The van der Waals surface area contributed by atoms with Crippen LogP contribution in [0, 0.1) is 5.41 Å². The van der Waals surface area contributed by atoms with Gasteiger partial charge in [0.2, 0.25) is 5.96 Å². The van der Waals surface area contributed by atoms with Crippen LogP contribution < -0.4 is 5.32 Å². The second kappa shape index (κ2) is 5.64. The van der Waals surface area contributed by atoms with E-state index in [9.17, 15) is 4.79 Å². The number of hydrogen-bond donors (Lipinski definition) is 2. The summed E-state index contributed by atoms with van der Waals surface area (Å²) >= 11 is 0. The van der Waals surface area contributed by atoms with Gasteiger partial charge < -0.3 is 15.6 Å². The molecule has 1 aliphatic heterocycles. The standard InChI is InChI=1S/C17H17N5O/c1-19-9-10(8-18)13-15-14(20-17(21-15)22(2)3)11-6-4-5-7-12(11)16(13)23/h4-9,18-19H,1-3H3/b10-9+,18-8?. The van der Waals surface area contributed by atoms with Crippen molar-refractivity contribution in [2.45, 2.75) is 0 Å². The van der Waals surface area contributed by atoms with Crippen molar-refractivity contribution in [3.8, 4) is 0 Å². The molecule has 2 N–H and O–H groups in total. The second-order valence-corrected chi connectivity index (χ2v) is 5.40. The van der Waals surface area contributed by atoms with Crippen LogP contribution in [-0.4, -0.2) is 49.7 Å². The first-order valence-corrected chi connectivity index (χ1v) is 7.20. The summed E-state index contributed by atoms with van der Waals surface area (Å²) in [7, 11) is 5.44. The summed E-state index contributed by atoms with van der Waals surface area (Å²) in [6.45, 7) is 0. The smallest absolute Gasteiger partial charge is 0.226 e. The lowest BCUT2D eigenvalue weighted by Crippen LogP contribution is -2.22. The maximum atomic E-state index is 12.9. The highest BCUT2D eigenvalue weighted by molar-refractivity contribution is 6.34. The molecule has 0 radical (unpaired) electrons. The molecular formula is C17H17N5O. The molecule has 1 heterocycles. The summed E-state index contributed by atoms with van der Waals surface area (Å²) in [5, 5.41) is 10.5. The van der Waals surface area contributed by atoms with Crippen molar-refractivity contribution in [1.82, 2.24) is 10.2 Å². The molecule has 0 aromatic heterocycles. The van der Waals surface area contributed by atoms with E-state index in [4.69, 9.17) is 5.41 Å². The second-order valence-electron chi connectivity index (χ2n) is 5.40. The number of nitrogens with zero attached hydrogens (tertiary/aromatic N) is 3. The molecule has 0 saturated carbocycles. The van der Waals surface area contributed by atoms with Gasteiger partial charge in [0.05, 0.1) is 5.57 Å². The number of aliphatic imine (C=N–C) groups is 2. The van der Waals surface area contributed by atoms with E-state index in [1.54, 1.807) is 24.2 Å². The minimum absolute atomic E-state index is 0.136. The highest BCUT2D eigenvalue weighted by Gasteiger charge is 2.35. The van der Waals surface area contributed by atoms with Gasteiger partial charge >= 0.3 is 0 Å². The third kappa shape index (κ3) is 2.28. The van der Waals surface area contributed by atoms with E-state index < -0.39 is 0 Å². The number of allylic oxidation sites excluding steroid dienone is 3. The van der Waals surface area contributed by atoms with Crippen LogP contribution in [0.4, 0.5) is 0 Å². The van der Waals surface area contributed by atoms with Gasteiger partial charge in [-0.25, -0.2) is 9.98 Å². The highest BCUT2D eigenvalue weighted by atomic mass is 16.1. The summed E-state index contributed by atoms with van der Waals surface area (Å²) in [4.78, 5) is 23.8. The highest BCUT2D eigenvalue weighted by Crippen LogP contribution is 2.33. The molecule has 1 aliphatic carbocycles. The van der Waals surface area contributed by atoms with Crippen LogP contribution in [-0.2, 0) is 0 Å². The summed E-state index contributed by atoms with van der Waals surface area (Å²) in [5.74, 6) is 0.411. The molecule has 0 amide bonds. The van der Waals surface area contributed by atoms with Crippen molar-refractivity contribution >= 4 is 23.7 Å². The van der Waals surface area contributed by atoms with Crippen LogP contribution >= 0.6 is 0 Å². The Morgan fingerprint density at radius 2 is 1.91 bits per heavy atom. The van der Waals surface area contributed by atoms with E-state index >= 15 is 0 Å². The molecule has 6 nitrogen and oxygen atoms in total. The van der Waals surface area contributed by atoms with Gasteiger partial charge in [-0.2, -0.15) is 0 Å². The van der Waals surface area contributed by atoms with Crippen molar-refractivity contribution in [3.63, 3.8) is 0 Å². The molecule has 0 fully saturated rings. The van der Waals surface area contributed by atoms with Crippen LogP contribution in [0.15, 0.2) is 57.3 Å². The fourth-order valence-electron chi connectivity index (χ4n) is 2.63. The first-order chi connectivity index (χ1) is 11.1. The minimum atomic E-state index is -0.136. The Balaban J connectivity index is 2.31. The molecule has 0 saturated heterocycles. The van der Waals surface area contributed by atoms with Gasteiger partial charge in [0, 0.05) is 50.3 Å². The number of benzene rings is 1. The molecular weight excluding hydrogens is 290 g/mol. The van der Waals surface area contributed by atoms with Gasteiger partial charge in [-0.1, -0.05) is 24.3 Å².